The zero-order valence-electron chi connectivity index (χ0n) is 81.3. The average molecular weight is 1970 g/mol. The maximum Gasteiger partial charge on any atom is 0.251 e. The van der Waals surface area contributed by atoms with Gasteiger partial charge in [-0.05, 0) is 242 Å². The molecule has 752 valence electrons. The molecule has 4 fully saturated rings. The van der Waals surface area contributed by atoms with Gasteiger partial charge in [-0.15, -0.1) is 0 Å². The largest absolute Gasteiger partial charge is 0.344 e. The zero-order chi connectivity index (χ0) is 102. The van der Waals surface area contributed by atoms with Gasteiger partial charge < -0.3 is 79.3 Å². The van der Waals surface area contributed by atoms with Crippen LogP contribution in [-0.2, 0) is 69.2 Å². The molecule has 4 aliphatic rings. The van der Waals surface area contributed by atoms with Crippen molar-refractivity contribution in [3.05, 3.63) is 370 Å². The second-order valence-electron chi connectivity index (χ2n) is 36.2. The van der Waals surface area contributed by atoms with Crippen molar-refractivity contribution in [1.29, 1.82) is 0 Å². The SMILES string of the molecule is C.CCc1cccc(NC(=O)CN2CCCCC(NC(=O)CC(c3ccccc3)c3ccccc3)C2=O)c1.Cc1ccc(CN)cc1NC(=O)CN1CCCCC(NC(=O)c2ccc(-c3ccccc3)cc2)C1=O.NCc1ccc(Cl)c(NC(=O)CN2CCCCC(NC(=O)c3ccc(-c4ccccc4)cc3)C2=O)c1.NCc1cccc(NC(=O)CN2CCCCC(NC(=O)c3ccc(-c4ccccc4)cc3)C2=O)c1. The number of hydrogen-bond donors (Lipinski definition) is 11. The molecule has 27 nitrogen and oxygen atoms in total. The number of nitrogens with zero attached hydrogens (tertiary/aromatic N) is 4. The number of likely N-dealkylation sites (tertiary alicyclic amines) is 4. The topological polar surface area (TPSA) is 392 Å². The van der Waals surface area contributed by atoms with Gasteiger partial charge in [0.25, 0.3) is 17.7 Å². The Hall–Kier alpha value is -15.6. The molecule has 4 aliphatic heterocycles. The highest BCUT2D eigenvalue weighted by Crippen LogP contribution is 2.32. The lowest BCUT2D eigenvalue weighted by atomic mass is 9.88. The molecule has 0 bridgehead atoms. The summed E-state index contributed by atoms with van der Waals surface area (Å²) in [6.07, 6.45) is 9.58. The van der Waals surface area contributed by atoms with Crippen LogP contribution >= 0.6 is 11.6 Å². The number of aryl methyl sites for hydroxylation is 2. The van der Waals surface area contributed by atoms with Crippen LogP contribution in [0.25, 0.3) is 33.4 Å². The van der Waals surface area contributed by atoms with Crippen LogP contribution in [0.4, 0.5) is 22.7 Å². The highest BCUT2D eigenvalue weighted by molar-refractivity contribution is 6.33. The van der Waals surface area contributed by atoms with E-state index in [1.807, 2.05) is 256 Å². The van der Waals surface area contributed by atoms with E-state index in [-0.39, 0.29) is 117 Å². The van der Waals surface area contributed by atoms with Crippen molar-refractivity contribution in [3.63, 3.8) is 0 Å². The summed E-state index contributed by atoms with van der Waals surface area (Å²) < 4.78 is 0. The van der Waals surface area contributed by atoms with Crippen molar-refractivity contribution >= 4 is 105 Å². The molecule has 28 heteroatoms. The van der Waals surface area contributed by atoms with Crippen molar-refractivity contribution in [2.45, 2.75) is 161 Å². The molecule has 0 spiro atoms. The fraction of sp³-hybridized carbons (Fsp3) is 0.282. The number of nitrogens with one attached hydrogen (secondary N) is 8. The fourth-order valence-electron chi connectivity index (χ4n) is 17.7. The first-order valence-corrected chi connectivity index (χ1v) is 49.6. The molecular formula is C117H130ClN15O12. The monoisotopic (exact) mass is 1970 g/mol. The van der Waals surface area contributed by atoms with Gasteiger partial charge in [0, 0.05) is 91.9 Å². The number of halogens is 1. The first-order valence-electron chi connectivity index (χ1n) is 49.2. The van der Waals surface area contributed by atoms with Crippen LogP contribution in [0, 0.1) is 6.92 Å². The molecule has 145 heavy (non-hydrogen) atoms. The van der Waals surface area contributed by atoms with Crippen LogP contribution in [-0.4, -0.2) is 167 Å². The highest BCUT2D eigenvalue weighted by atomic mass is 35.5. The van der Waals surface area contributed by atoms with E-state index in [9.17, 15) is 57.5 Å². The lowest BCUT2D eigenvalue weighted by molar-refractivity contribution is -0.138. The van der Waals surface area contributed by atoms with Gasteiger partial charge in [0.2, 0.25) is 53.2 Å². The molecule has 4 unspecified atom stereocenters. The van der Waals surface area contributed by atoms with E-state index < -0.39 is 24.2 Å². The van der Waals surface area contributed by atoms with Gasteiger partial charge in [-0.2, -0.15) is 0 Å². The molecule has 14 N–H and O–H groups in total. The number of anilines is 4. The standard InChI is InChI=1S/C31H35N3O3.C29H32N4O3.C28H29ClN4O3.C28H30N4O3.CH4/c1-2-23-12-11-17-26(20-23)32-30(36)22-34-19-10-9-18-28(31(34)37)33-29(35)21-27(24-13-5-3-6-14-24)25-15-7-4-8-16-25;1-20-10-11-21(18-30)17-26(20)31-27(34)19-33-16-6-5-9-25(29(33)36)32-28(35)24-14-12-23(13-15-24)22-7-3-2-4-8-22;29-23-14-9-19(17-30)16-25(23)31-26(34)18-33-15-5-4-8-24(28(33)36)32-27(35)22-12-10-21(11-13-22)20-6-2-1-3-7-20;29-18-20-7-6-10-24(17-20)30-26(33)19-32-16-5-4-11-25(28(32)35)31-27(34)23-14-12-22(13-15-23)21-8-2-1-3-9-21;/h3-8,11-17,20,27-28H,2,9-10,18-19,21-22H2,1H3,(H,32,36)(H,33,35);2-4,7-8,10-15,17,25H,5-6,9,16,18-19,30H2,1H3,(H,31,34)(H,32,35);1-3,6-7,9-14,16,24H,4-5,8,15,17-18,30H2,(H,31,34)(H,32,35);1-3,6-10,12-15,17,25H,4-5,11,16,18-19,29H2,(H,30,33)(H,31,34);1H4. The number of nitrogens with two attached hydrogens (primary N) is 3. The van der Waals surface area contributed by atoms with Crippen LogP contribution in [0.1, 0.15) is 174 Å². The van der Waals surface area contributed by atoms with E-state index in [0.717, 1.165) is 136 Å². The van der Waals surface area contributed by atoms with E-state index in [0.29, 0.717) is 110 Å². The summed E-state index contributed by atoms with van der Waals surface area (Å²) in [5, 5.41) is 23.4. The minimum absolute atomic E-state index is 0. The van der Waals surface area contributed by atoms with E-state index >= 15 is 0 Å². The van der Waals surface area contributed by atoms with E-state index in [4.69, 9.17) is 28.8 Å². The van der Waals surface area contributed by atoms with Gasteiger partial charge in [0.05, 0.1) is 36.9 Å². The van der Waals surface area contributed by atoms with Gasteiger partial charge in [-0.1, -0.05) is 256 Å². The maximum absolute atomic E-state index is 13.3. The molecule has 16 rings (SSSR count). The minimum Gasteiger partial charge on any atom is -0.344 e. The van der Waals surface area contributed by atoms with Crippen LogP contribution in [0.3, 0.4) is 0 Å². The van der Waals surface area contributed by atoms with Crippen molar-refractivity contribution in [3.8, 4) is 33.4 Å². The summed E-state index contributed by atoms with van der Waals surface area (Å²) in [6, 6.07) is 94.9. The third kappa shape index (κ3) is 32.2. The first-order chi connectivity index (χ1) is 69.9. The first kappa shape index (κ1) is 108. The molecule has 0 radical (unpaired) electrons. The number of rotatable bonds is 30. The normalized spacial score (nSPS) is 15.7. The Morgan fingerprint density at radius 2 is 0.614 bits per heavy atom. The Balaban J connectivity index is 0.000000172. The van der Waals surface area contributed by atoms with Crippen LogP contribution in [0.15, 0.2) is 309 Å². The highest BCUT2D eigenvalue weighted by Gasteiger charge is 2.36. The van der Waals surface area contributed by atoms with Crippen molar-refractivity contribution in [1.82, 2.24) is 40.9 Å². The Kier molecular flexibility index (Phi) is 41.2. The van der Waals surface area contributed by atoms with Crippen LogP contribution in [0.2, 0.25) is 5.02 Å². The molecule has 4 atom stereocenters. The summed E-state index contributed by atoms with van der Waals surface area (Å²) >= 11 is 6.19. The number of carbonyl (C=O) groups is 12. The van der Waals surface area contributed by atoms with Gasteiger partial charge in [0.1, 0.15) is 24.2 Å². The summed E-state index contributed by atoms with van der Waals surface area (Å²) in [7, 11) is 0. The number of carbonyl (C=O) groups excluding carboxylic acids is 12. The Morgan fingerprint density at radius 3 is 0.966 bits per heavy atom. The van der Waals surface area contributed by atoms with Crippen LogP contribution in [0.5, 0.6) is 0 Å². The summed E-state index contributed by atoms with van der Waals surface area (Å²) in [5.41, 5.74) is 34.1. The summed E-state index contributed by atoms with van der Waals surface area (Å²) in [5.74, 6) is -3.26. The predicted octanol–water partition coefficient (Wildman–Crippen LogP) is 17.2. The lowest BCUT2D eigenvalue weighted by Crippen LogP contribution is -2.49. The third-order valence-electron chi connectivity index (χ3n) is 25.7. The second kappa shape index (κ2) is 55.2. The fourth-order valence-corrected chi connectivity index (χ4v) is 17.9. The van der Waals surface area contributed by atoms with Gasteiger partial charge in [-0.3, -0.25) is 57.5 Å². The number of amides is 12. The van der Waals surface area contributed by atoms with Gasteiger partial charge in [-0.25, -0.2) is 0 Å². The smallest absolute Gasteiger partial charge is 0.251 e. The van der Waals surface area contributed by atoms with E-state index in [2.05, 4.69) is 49.5 Å². The molecule has 12 amide bonds. The maximum atomic E-state index is 13.3. The quantitative estimate of drug-likeness (QED) is 0.0199. The van der Waals surface area contributed by atoms with Crippen molar-refractivity contribution in [2.75, 3.05) is 73.6 Å². The molecule has 12 aromatic carbocycles. The summed E-state index contributed by atoms with van der Waals surface area (Å²) in [4.78, 5) is 162. The molecule has 0 aliphatic carbocycles. The van der Waals surface area contributed by atoms with E-state index in [1.165, 1.54) is 14.7 Å². The van der Waals surface area contributed by atoms with E-state index in [1.54, 1.807) is 65.6 Å². The molecule has 12 aromatic rings. The average Bonchev–Trinajstić information content (AvgIpc) is 1.78. The second-order valence-corrected chi connectivity index (χ2v) is 36.6. The van der Waals surface area contributed by atoms with Crippen LogP contribution < -0.4 is 59.7 Å². The Labute approximate surface area is 853 Å². The molecule has 4 heterocycles. The van der Waals surface area contributed by atoms with Gasteiger partial charge in [0.15, 0.2) is 0 Å². The van der Waals surface area contributed by atoms with Crippen molar-refractivity contribution in [2.24, 2.45) is 17.2 Å². The molecule has 4 saturated heterocycles. The minimum atomic E-state index is -0.689. The molecule has 0 aromatic heterocycles. The Bertz CT molecular complexity index is 6140. The zero-order valence-corrected chi connectivity index (χ0v) is 82.1. The number of hydrogen-bond acceptors (Lipinski definition) is 15. The predicted molar refractivity (Wildman–Crippen MR) is 572 cm³/mol. The summed E-state index contributed by atoms with van der Waals surface area (Å²) in [6.45, 7) is 6.67. The lowest BCUT2D eigenvalue weighted by Gasteiger charge is -2.25. The van der Waals surface area contributed by atoms with Crippen molar-refractivity contribution < 1.29 is 57.5 Å². The third-order valence-corrected chi connectivity index (χ3v) is 26.0. The number of benzene rings is 12. The van der Waals surface area contributed by atoms with Gasteiger partial charge >= 0.3 is 0 Å². The molecular weight excluding hydrogens is 1840 g/mol. The molecule has 0 saturated carbocycles. The Morgan fingerprint density at radius 1 is 0.317 bits per heavy atom.